The molecule has 1 heterocycles. The number of nitrogen functional groups attached to an aromatic ring is 1. The predicted molar refractivity (Wildman–Crippen MR) is 87.1 cm³/mol. The van der Waals surface area contributed by atoms with Gasteiger partial charge in [0.15, 0.2) is 0 Å². The van der Waals surface area contributed by atoms with Crippen molar-refractivity contribution in [1.82, 2.24) is 5.16 Å². The van der Waals surface area contributed by atoms with Crippen LogP contribution in [0.4, 0.5) is 5.69 Å². The van der Waals surface area contributed by atoms with Crippen LogP contribution in [0.3, 0.4) is 0 Å². The second-order valence-electron chi connectivity index (χ2n) is 4.87. The maximum absolute atomic E-state index is 5.98. The second kappa shape index (κ2) is 6.06. The quantitative estimate of drug-likeness (QED) is 0.568. The van der Waals surface area contributed by atoms with Gasteiger partial charge < -0.3 is 10.3 Å². The van der Waals surface area contributed by atoms with Crippen molar-refractivity contribution in [2.24, 2.45) is 0 Å². The molecule has 3 rings (SSSR count). The van der Waals surface area contributed by atoms with Gasteiger partial charge in [-0.25, -0.2) is 0 Å². The lowest BCUT2D eigenvalue weighted by molar-refractivity contribution is 0.397. The van der Waals surface area contributed by atoms with E-state index in [4.69, 9.17) is 10.3 Å². The fourth-order valence-electron chi connectivity index (χ4n) is 2.04. The van der Waals surface area contributed by atoms with Gasteiger partial charge >= 0.3 is 0 Å². The van der Waals surface area contributed by atoms with Gasteiger partial charge in [-0.2, -0.15) is 0 Å². The van der Waals surface area contributed by atoms with Gasteiger partial charge in [0, 0.05) is 22.2 Å². The van der Waals surface area contributed by atoms with Crippen LogP contribution in [0, 0.1) is 6.92 Å². The van der Waals surface area contributed by atoms with Crippen LogP contribution in [0.2, 0.25) is 0 Å². The van der Waals surface area contributed by atoms with E-state index in [0.29, 0.717) is 5.75 Å². The highest BCUT2D eigenvalue weighted by Crippen LogP contribution is 2.30. The zero-order chi connectivity index (χ0) is 14.7. The summed E-state index contributed by atoms with van der Waals surface area (Å²) in [6, 6.07) is 18.0. The lowest BCUT2D eigenvalue weighted by atomic mass is 10.1. The molecule has 3 nitrogen and oxygen atoms in total. The van der Waals surface area contributed by atoms with Gasteiger partial charge in [-0.1, -0.05) is 41.6 Å². The minimum atomic E-state index is 0.716. The topological polar surface area (TPSA) is 52.0 Å². The number of hydrogen-bond donors (Lipinski definition) is 1. The van der Waals surface area contributed by atoms with E-state index in [2.05, 4.69) is 18.1 Å². The molecule has 0 saturated carbocycles. The summed E-state index contributed by atoms with van der Waals surface area (Å²) in [5.74, 6) is 1.56. The lowest BCUT2D eigenvalue weighted by Crippen LogP contribution is -1.89. The summed E-state index contributed by atoms with van der Waals surface area (Å²) in [5.41, 5.74) is 9.91. The molecule has 2 N–H and O–H groups in total. The van der Waals surface area contributed by atoms with Crippen molar-refractivity contribution in [3.05, 3.63) is 65.9 Å². The maximum atomic E-state index is 5.98. The molecule has 3 aromatic rings. The molecule has 0 saturated heterocycles. The Morgan fingerprint density at radius 2 is 1.90 bits per heavy atom. The van der Waals surface area contributed by atoms with Crippen LogP contribution < -0.4 is 5.73 Å². The van der Waals surface area contributed by atoms with Gasteiger partial charge in [0.05, 0.1) is 5.75 Å². The molecule has 0 aliphatic carbocycles. The van der Waals surface area contributed by atoms with Crippen LogP contribution in [0.15, 0.2) is 64.0 Å². The zero-order valence-corrected chi connectivity index (χ0v) is 12.6. The van der Waals surface area contributed by atoms with Gasteiger partial charge in [0.2, 0.25) is 0 Å². The Balaban J connectivity index is 1.72. The molecule has 106 valence electrons. The average molecular weight is 296 g/mol. The van der Waals surface area contributed by atoms with E-state index in [1.165, 1.54) is 5.56 Å². The van der Waals surface area contributed by atoms with Gasteiger partial charge in [0.25, 0.3) is 0 Å². The molecule has 0 radical (unpaired) electrons. The molecule has 4 heteroatoms. The minimum absolute atomic E-state index is 0.716. The summed E-state index contributed by atoms with van der Waals surface area (Å²) >= 11 is 1.66. The molecule has 0 fully saturated rings. The first kappa shape index (κ1) is 13.8. The lowest BCUT2D eigenvalue weighted by Gasteiger charge is -2.04. The number of nitrogens with zero attached hydrogens (tertiary/aromatic N) is 1. The first-order chi connectivity index (χ1) is 10.2. The third-order valence-electron chi connectivity index (χ3n) is 3.17. The number of aromatic nitrogens is 1. The molecular formula is C17H16N2OS. The normalized spacial score (nSPS) is 10.7. The largest absolute Gasteiger partial charge is 0.398 e. The molecule has 0 aliphatic heterocycles. The number of aryl methyl sites for hydroxylation is 1. The zero-order valence-electron chi connectivity index (χ0n) is 11.7. The maximum Gasteiger partial charge on any atom is 0.147 e. The smallest absolute Gasteiger partial charge is 0.147 e. The van der Waals surface area contributed by atoms with E-state index in [0.717, 1.165) is 27.6 Å². The third kappa shape index (κ3) is 3.28. The molecule has 2 aromatic carbocycles. The molecule has 0 atom stereocenters. The Hall–Kier alpha value is -2.20. The van der Waals surface area contributed by atoms with Gasteiger partial charge in [-0.15, -0.1) is 11.8 Å². The van der Waals surface area contributed by atoms with Crippen LogP contribution in [-0.2, 0) is 5.75 Å². The van der Waals surface area contributed by atoms with Crippen LogP contribution in [-0.4, -0.2) is 5.16 Å². The highest BCUT2D eigenvalue weighted by atomic mass is 32.2. The van der Waals surface area contributed by atoms with Gasteiger partial charge in [-0.05, 0) is 24.6 Å². The Labute approximate surface area is 128 Å². The van der Waals surface area contributed by atoms with E-state index >= 15 is 0 Å². The predicted octanol–water partition coefficient (Wildman–Crippen LogP) is 4.52. The van der Waals surface area contributed by atoms with Gasteiger partial charge in [-0.3, -0.25) is 0 Å². The van der Waals surface area contributed by atoms with Crippen molar-refractivity contribution in [3.63, 3.8) is 0 Å². The molecule has 0 aliphatic rings. The van der Waals surface area contributed by atoms with Gasteiger partial charge in [0.1, 0.15) is 11.5 Å². The number of nitrogens with two attached hydrogens (primary N) is 1. The summed E-state index contributed by atoms with van der Waals surface area (Å²) in [4.78, 5) is 1.08. The number of anilines is 1. The number of hydrogen-bond acceptors (Lipinski definition) is 4. The molecular weight excluding hydrogens is 280 g/mol. The third-order valence-corrected chi connectivity index (χ3v) is 4.26. The molecule has 0 bridgehead atoms. The fourth-order valence-corrected chi connectivity index (χ4v) is 2.98. The van der Waals surface area contributed by atoms with Crippen molar-refractivity contribution in [2.45, 2.75) is 17.6 Å². The average Bonchev–Trinajstić information content (AvgIpc) is 2.98. The van der Waals surface area contributed by atoms with E-state index in [1.807, 2.05) is 48.5 Å². The Bertz CT molecular complexity index is 738. The van der Waals surface area contributed by atoms with E-state index < -0.39 is 0 Å². The standard InChI is InChI=1S/C17H16N2OS/c1-12-7-8-15(18)17(9-12)21-11-14-10-16(19-20-14)13-5-3-2-4-6-13/h2-10H,11,18H2,1H3. The van der Waals surface area contributed by atoms with Crippen molar-refractivity contribution in [3.8, 4) is 11.3 Å². The number of benzene rings is 2. The number of thioether (sulfide) groups is 1. The van der Waals surface area contributed by atoms with Crippen molar-refractivity contribution in [1.29, 1.82) is 0 Å². The van der Waals surface area contributed by atoms with Crippen molar-refractivity contribution in [2.75, 3.05) is 5.73 Å². The monoisotopic (exact) mass is 296 g/mol. The molecule has 1 aromatic heterocycles. The van der Waals surface area contributed by atoms with Crippen molar-refractivity contribution < 1.29 is 4.52 Å². The molecule has 0 unspecified atom stereocenters. The Kier molecular flexibility index (Phi) is 3.97. The van der Waals surface area contributed by atoms with Crippen molar-refractivity contribution >= 4 is 17.4 Å². The van der Waals surface area contributed by atoms with E-state index in [9.17, 15) is 0 Å². The first-order valence-corrected chi connectivity index (χ1v) is 7.71. The van der Waals surface area contributed by atoms with E-state index in [1.54, 1.807) is 11.8 Å². The van der Waals surface area contributed by atoms with Crippen LogP contribution in [0.5, 0.6) is 0 Å². The summed E-state index contributed by atoms with van der Waals surface area (Å²) in [7, 11) is 0. The molecule has 0 spiro atoms. The molecule has 21 heavy (non-hydrogen) atoms. The summed E-state index contributed by atoms with van der Waals surface area (Å²) in [5, 5.41) is 4.12. The van der Waals surface area contributed by atoms with Crippen LogP contribution in [0.25, 0.3) is 11.3 Å². The minimum Gasteiger partial charge on any atom is -0.398 e. The van der Waals surface area contributed by atoms with E-state index in [-0.39, 0.29) is 0 Å². The molecule has 0 amide bonds. The number of rotatable bonds is 4. The van der Waals surface area contributed by atoms with Crippen LogP contribution >= 0.6 is 11.8 Å². The fraction of sp³-hybridized carbons (Fsp3) is 0.118. The summed E-state index contributed by atoms with van der Waals surface area (Å²) < 4.78 is 5.40. The summed E-state index contributed by atoms with van der Waals surface area (Å²) in [6.45, 7) is 2.06. The Morgan fingerprint density at radius 3 is 2.71 bits per heavy atom. The highest BCUT2D eigenvalue weighted by Gasteiger charge is 2.08. The highest BCUT2D eigenvalue weighted by molar-refractivity contribution is 7.98. The second-order valence-corrected chi connectivity index (χ2v) is 5.89. The summed E-state index contributed by atoms with van der Waals surface area (Å²) in [6.07, 6.45) is 0. The Morgan fingerprint density at radius 1 is 1.10 bits per heavy atom. The first-order valence-electron chi connectivity index (χ1n) is 6.72. The SMILES string of the molecule is Cc1ccc(N)c(SCc2cc(-c3ccccc3)no2)c1. The van der Waals surface area contributed by atoms with Crippen LogP contribution in [0.1, 0.15) is 11.3 Å².